The number of amides is 2. The first-order valence-corrected chi connectivity index (χ1v) is 10.1. The zero-order valence-corrected chi connectivity index (χ0v) is 17.0. The zero-order chi connectivity index (χ0) is 21.8. The number of hydrogen-bond donors (Lipinski definition) is 2. The number of nitrogens with zero attached hydrogens (tertiary/aromatic N) is 1. The third kappa shape index (κ3) is 5.94. The summed E-state index contributed by atoms with van der Waals surface area (Å²) in [5, 5.41) is 4.90. The molecule has 0 atom stereocenters. The highest BCUT2D eigenvalue weighted by atomic mass is 32.2. The molecule has 0 spiro atoms. The minimum Gasteiger partial charge on any atom is -0.309 e. The van der Waals surface area contributed by atoms with Crippen molar-refractivity contribution in [3.63, 3.8) is 0 Å². The van der Waals surface area contributed by atoms with Crippen LogP contribution in [0.4, 0.5) is 29.3 Å². The van der Waals surface area contributed by atoms with Crippen molar-refractivity contribution in [3.05, 3.63) is 53.6 Å². The Morgan fingerprint density at radius 1 is 1.00 bits per heavy atom. The molecule has 0 aromatic heterocycles. The van der Waals surface area contributed by atoms with Crippen LogP contribution in [0.3, 0.4) is 0 Å². The highest BCUT2D eigenvalue weighted by Crippen LogP contribution is 2.34. The summed E-state index contributed by atoms with van der Waals surface area (Å²) in [6.45, 7) is 2.24. The molecule has 2 aromatic rings. The Morgan fingerprint density at radius 3 is 2.10 bits per heavy atom. The smallest absolute Gasteiger partial charge is 0.309 e. The lowest BCUT2D eigenvalue weighted by Crippen LogP contribution is -2.26. The SMILES string of the molecule is Cc1ccc(NC(=O)Nc2ccc(CCN(C)C)c(S(=O)(=O)C(F)(F)F)c2)cc1. The lowest BCUT2D eigenvalue weighted by molar-refractivity contribution is -0.0436. The number of anilines is 2. The summed E-state index contributed by atoms with van der Waals surface area (Å²) in [6.07, 6.45) is 0.105. The fraction of sp³-hybridized carbons (Fsp3) is 0.316. The predicted octanol–water partition coefficient (Wildman–Crippen LogP) is 4.04. The van der Waals surface area contributed by atoms with Crippen molar-refractivity contribution in [1.29, 1.82) is 0 Å². The van der Waals surface area contributed by atoms with Gasteiger partial charge < -0.3 is 15.5 Å². The van der Waals surface area contributed by atoms with Crippen LogP contribution in [-0.2, 0) is 16.3 Å². The maximum atomic E-state index is 13.1. The molecule has 0 heterocycles. The van der Waals surface area contributed by atoms with Gasteiger partial charge in [-0.05, 0) is 57.3 Å². The topological polar surface area (TPSA) is 78.5 Å². The van der Waals surface area contributed by atoms with Crippen molar-refractivity contribution < 1.29 is 26.4 Å². The molecule has 6 nitrogen and oxygen atoms in total. The van der Waals surface area contributed by atoms with E-state index in [0.29, 0.717) is 12.2 Å². The molecule has 0 fully saturated rings. The number of halogens is 3. The molecule has 0 aliphatic carbocycles. The number of alkyl halides is 3. The first-order valence-electron chi connectivity index (χ1n) is 8.64. The molecule has 0 aliphatic heterocycles. The van der Waals surface area contributed by atoms with Crippen LogP contribution in [0.1, 0.15) is 11.1 Å². The first kappa shape index (κ1) is 22.7. The van der Waals surface area contributed by atoms with Gasteiger partial charge >= 0.3 is 11.5 Å². The lowest BCUT2D eigenvalue weighted by Gasteiger charge is -2.16. The van der Waals surface area contributed by atoms with E-state index >= 15 is 0 Å². The molecule has 158 valence electrons. The summed E-state index contributed by atoms with van der Waals surface area (Å²) < 4.78 is 63.4. The molecule has 2 N–H and O–H groups in total. The highest BCUT2D eigenvalue weighted by molar-refractivity contribution is 7.92. The van der Waals surface area contributed by atoms with Crippen molar-refractivity contribution in [2.45, 2.75) is 23.7 Å². The van der Waals surface area contributed by atoms with E-state index in [1.165, 1.54) is 12.1 Å². The normalized spacial score (nSPS) is 12.1. The number of sulfone groups is 1. The van der Waals surface area contributed by atoms with Gasteiger partial charge in [0, 0.05) is 17.9 Å². The summed E-state index contributed by atoms with van der Waals surface area (Å²) in [4.78, 5) is 13.0. The van der Waals surface area contributed by atoms with Gasteiger partial charge in [0.25, 0.3) is 9.84 Å². The molecule has 0 unspecified atom stereocenters. The fourth-order valence-corrected chi connectivity index (χ4v) is 3.53. The largest absolute Gasteiger partial charge is 0.501 e. The molecule has 10 heteroatoms. The minimum atomic E-state index is -5.57. The lowest BCUT2D eigenvalue weighted by atomic mass is 10.1. The number of likely N-dealkylation sites (N-methyl/N-ethyl adjacent to an activating group) is 1. The van der Waals surface area contributed by atoms with Crippen LogP contribution in [0.25, 0.3) is 0 Å². The van der Waals surface area contributed by atoms with Crippen molar-refractivity contribution in [2.24, 2.45) is 0 Å². The van der Waals surface area contributed by atoms with Crippen molar-refractivity contribution in [2.75, 3.05) is 31.3 Å². The van der Waals surface area contributed by atoms with E-state index in [-0.39, 0.29) is 17.7 Å². The Labute approximate surface area is 167 Å². The van der Waals surface area contributed by atoms with Crippen molar-refractivity contribution in [3.8, 4) is 0 Å². The van der Waals surface area contributed by atoms with E-state index < -0.39 is 26.3 Å². The van der Waals surface area contributed by atoms with Crippen molar-refractivity contribution in [1.82, 2.24) is 4.90 Å². The summed E-state index contributed by atoms with van der Waals surface area (Å²) in [5.41, 5.74) is -4.00. The van der Waals surface area contributed by atoms with Crippen LogP contribution in [0, 0.1) is 6.92 Å². The van der Waals surface area contributed by atoms with Gasteiger partial charge in [0.2, 0.25) is 0 Å². The van der Waals surface area contributed by atoms with E-state index in [1.54, 1.807) is 43.3 Å². The molecule has 0 radical (unpaired) electrons. The number of rotatable bonds is 6. The van der Waals surface area contributed by atoms with Gasteiger partial charge in [0.1, 0.15) is 0 Å². The molecule has 2 aromatic carbocycles. The van der Waals surface area contributed by atoms with Crippen LogP contribution in [0.2, 0.25) is 0 Å². The van der Waals surface area contributed by atoms with E-state index in [4.69, 9.17) is 0 Å². The average molecular weight is 429 g/mol. The highest BCUT2D eigenvalue weighted by Gasteiger charge is 2.47. The van der Waals surface area contributed by atoms with Gasteiger partial charge in [-0.3, -0.25) is 0 Å². The monoisotopic (exact) mass is 429 g/mol. The Balaban J connectivity index is 2.30. The summed E-state index contributed by atoms with van der Waals surface area (Å²) >= 11 is 0. The van der Waals surface area contributed by atoms with Crippen LogP contribution in [0.15, 0.2) is 47.4 Å². The molecular weight excluding hydrogens is 407 g/mol. The standard InChI is InChI=1S/C19H22F3N3O3S/c1-13-4-7-15(8-5-13)23-18(26)24-16-9-6-14(10-11-25(2)3)17(12-16)29(27,28)19(20,21)22/h4-9,12H,10-11H2,1-3H3,(H2,23,24,26). The summed E-state index contributed by atoms with van der Waals surface area (Å²) in [6, 6.07) is 9.68. The number of nitrogens with one attached hydrogen (secondary N) is 2. The maximum Gasteiger partial charge on any atom is 0.501 e. The Hall–Kier alpha value is -2.59. The first-order chi connectivity index (χ1) is 13.4. The van der Waals surface area contributed by atoms with Crippen LogP contribution < -0.4 is 10.6 Å². The summed E-state index contributed by atoms with van der Waals surface area (Å²) in [7, 11) is -2.12. The molecule has 2 amide bonds. The van der Waals surface area contributed by atoms with E-state index in [1.807, 2.05) is 6.92 Å². The molecule has 29 heavy (non-hydrogen) atoms. The molecule has 0 saturated heterocycles. The minimum absolute atomic E-state index is 0.0283. The second kappa shape index (κ2) is 8.83. The molecule has 2 rings (SSSR count). The van der Waals surface area contributed by atoms with Crippen LogP contribution >= 0.6 is 0 Å². The quantitative estimate of drug-likeness (QED) is 0.727. The molecule has 0 saturated carbocycles. The molecule has 0 bridgehead atoms. The van der Waals surface area contributed by atoms with Crippen LogP contribution in [-0.4, -0.2) is 45.5 Å². The second-order valence-electron chi connectivity index (χ2n) is 6.77. The molecular formula is C19H22F3N3O3S. The third-order valence-corrected chi connectivity index (χ3v) is 5.63. The van der Waals surface area contributed by atoms with E-state index in [9.17, 15) is 26.4 Å². The Kier molecular flexibility index (Phi) is 6.91. The Bertz CT molecular complexity index is 972. The predicted molar refractivity (Wildman–Crippen MR) is 106 cm³/mol. The Morgan fingerprint density at radius 2 is 1.55 bits per heavy atom. The van der Waals surface area contributed by atoms with Gasteiger partial charge in [-0.1, -0.05) is 23.8 Å². The van der Waals surface area contributed by atoms with Crippen LogP contribution in [0.5, 0.6) is 0 Å². The zero-order valence-electron chi connectivity index (χ0n) is 16.2. The van der Waals surface area contributed by atoms with Gasteiger partial charge in [-0.2, -0.15) is 13.2 Å². The van der Waals surface area contributed by atoms with Gasteiger partial charge in [0.05, 0.1) is 4.90 Å². The number of benzene rings is 2. The average Bonchev–Trinajstić information content (AvgIpc) is 2.61. The van der Waals surface area contributed by atoms with Gasteiger partial charge in [-0.15, -0.1) is 0 Å². The second-order valence-corrected chi connectivity index (χ2v) is 8.68. The van der Waals surface area contributed by atoms with E-state index in [2.05, 4.69) is 10.6 Å². The molecule has 0 aliphatic rings. The number of aryl methyl sites for hydroxylation is 1. The van der Waals surface area contributed by atoms with E-state index in [0.717, 1.165) is 11.6 Å². The number of carbonyl (C=O) groups excluding carboxylic acids is 1. The summed E-state index contributed by atoms with van der Waals surface area (Å²) in [5.74, 6) is 0. The number of urea groups is 1. The maximum absolute atomic E-state index is 13.1. The van der Waals surface area contributed by atoms with Gasteiger partial charge in [0.15, 0.2) is 0 Å². The van der Waals surface area contributed by atoms with Gasteiger partial charge in [-0.25, -0.2) is 13.2 Å². The fourth-order valence-electron chi connectivity index (χ4n) is 2.49. The van der Waals surface area contributed by atoms with Crippen molar-refractivity contribution >= 4 is 27.2 Å². The number of carbonyl (C=O) groups is 1. The third-order valence-electron chi connectivity index (χ3n) is 4.06. The number of hydrogen-bond acceptors (Lipinski definition) is 4.